The highest BCUT2D eigenvalue weighted by Crippen LogP contribution is 2.57. The maximum atomic E-state index is 15.3. The maximum Gasteiger partial charge on any atom is 0.214 e. The molecule has 1 aliphatic heterocycles. The number of nitrogens with one attached hydrogen (secondary N) is 1. The molecule has 2 aliphatic carbocycles. The van der Waals surface area contributed by atoms with Crippen molar-refractivity contribution in [2.75, 3.05) is 13.2 Å². The third kappa shape index (κ3) is 4.05. The molecule has 1 N–H and O–H groups in total. The number of hydrogen-bond acceptors (Lipinski definition) is 5. The highest BCUT2D eigenvalue weighted by Gasteiger charge is 2.59. The largest absolute Gasteiger partial charge is 0.490 e. The van der Waals surface area contributed by atoms with Crippen LogP contribution in [0.15, 0.2) is 41.3 Å². The lowest BCUT2D eigenvalue weighted by atomic mass is 9.69. The standard InChI is InChI=1S/C24H26F3NO5S2/c25-12-15-1-3-18(4-2-15)34(29,30)24-10-9-16(13-28-35(31,32)19-5-6-19)11-17(24)14-33-23-21(27)8-7-20(26)22(23)24/h1-4,7-8,16-17,19,28H,5-6,9-14H2/t16-,17-,24+/m1/s1. The van der Waals surface area contributed by atoms with E-state index in [9.17, 15) is 25.6 Å². The lowest BCUT2D eigenvalue weighted by Crippen LogP contribution is -2.53. The van der Waals surface area contributed by atoms with Gasteiger partial charge < -0.3 is 4.74 Å². The highest BCUT2D eigenvalue weighted by molar-refractivity contribution is 7.92. The van der Waals surface area contributed by atoms with Crippen molar-refractivity contribution in [2.45, 2.75) is 53.7 Å². The Morgan fingerprint density at radius 1 is 0.971 bits per heavy atom. The Morgan fingerprint density at radius 2 is 1.66 bits per heavy atom. The van der Waals surface area contributed by atoms with Gasteiger partial charge in [-0.25, -0.2) is 34.7 Å². The van der Waals surface area contributed by atoms with Crippen LogP contribution in [-0.2, 0) is 31.3 Å². The molecule has 35 heavy (non-hydrogen) atoms. The Hall–Kier alpha value is -2.11. The second kappa shape index (κ2) is 8.77. The Kier molecular flexibility index (Phi) is 6.16. The maximum absolute atomic E-state index is 15.3. The summed E-state index contributed by atoms with van der Waals surface area (Å²) in [7, 11) is -7.69. The third-order valence-electron chi connectivity index (χ3n) is 7.52. The van der Waals surface area contributed by atoms with Crippen LogP contribution in [0, 0.1) is 23.5 Å². The molecule has 5 rings (SSSR count). The molecule has 190 valence electrons. The number of alkyl halides is 1. The van der Waals surface area contributed by atoms with Crippen LogP contribution in [0.25, 0.3) is 0 Å². The molecular formula is C24H26F3NO5S2. The summed E-state index contributed by atoms with van der Waals surface area (Å²) in [6.45, 7) is -0.765. The molecule has 0 saturated heterocycles. The molecule has 2 fully saturated rings. The van der Waals surface area contributed by atoms with Gasteiger partial charge in [0.1, 0.15) is 17.2 Å². The van der Waals surface area contributed by atoms with E-state index in [0.29, 0.717) is 24.8 Å². The van der Waals surface area contributed by atoms with Gasteiger partial charge in [0.25, 0.3) is 0 Å². The number of rotatable bonds is 7. The monoisotopic (exact) mass is 529 g/mol. The summed E-state index contributed by atoms with van der Waals surface area (Å²) in [6, 6.07) is 7.11. The minimum atomic E-state index is -4.28. The Bertz CT molecular complexity index is 1340. The summed E-state index contributed by atoms with van der Waals surface area (Å²) in [4.78, 5) is -0.107. The van der Waals surface area contributed by atoms with E-state index in [0.717, 1.165) is 12.1 Å². The van der Waals surface area contributed by atoms with Gasteiger partial charge in [0.2, 0.25) is 10.0 Å². The lowest BCUT2D eigenvalue weighted by Gasteiger charge is -2.49. The predicted molar refractivity (Wildman–Crippen MR) is 123 cm³/mol. The van der Waals surface area contributed by atoms with E-state index in [1.165, 1.54) is 24.3 Å². The quantitative estimate of drug-likeness (QED) is 0.586. The molecule has 0 bridgehead atoms. The molecule has 0 spiro atoms. The Morgan fingerprint density at radius 3 is 2.31 bits per heavy atom. The number of benzene rings is 2. The predicted octanol–water partition coefficient (Wildman–Crippen LogP) is 3.99. The van der Waals surface area contributed by atoms with Gasteiger partial charge in [0.05, 0.1) is 22.3 Å². The number of fused-ring (bicyclic) bond motifs is 3. The summed E-state index contributed by atoms with van der Waals surface area (Å²) in [5, 5.41) is -0.375. The zero-order valence-electron chi connectivity index (χ0n) is 18.8. The number of ether oxygens (including phenoxy) is 1. The molecular weight excluding hydrogens is 503 g/mol. The average Bonchev–Trinajstić information content (AvgIpc) is 3.71. The molecule has 0 amide bonds. The first-order chi connectivity index (χ1) is 16.6. The molecule has 3 atom stereocenters. The van der Waals surface area contributed by atoms with E-state index in [4.69, 9.17) is 4.74 Å². The minimum absolute atomic E-state index is 0.0303. The number of sulfone groups is 1. The van der Waals surface area contributed by atoms with Crippen molar-refractivity contribution in [1.29, 1.82) is 0 Å². The smallest absolute Gasteiger partial charge is 0.214 e. The van der Waals surface area contributed by atoms with Crippen LogP contribution in [0.3, 0.4) is 0 Å². The third-order valence-corrected chi connectivity index (χ3v) is 12.0. The molecule has 0 aromatic heterocycles. The van der Waals surface area contributed by atoms with Gasteiger partial charge in [0.15, 0.2) is 21.4 Å². The van der Waals surface area contributed by atoms with Gasteiger partial charge in [-0.05, 0) is 67.9 Å². The fourth-order valence-corrected chi connectivity index (χ4v) is 9.31. The summed E-state index contributed by atoms with van der Waals surface area (Å²) < 4.78 is 102. The summed E-state index contributed by atoms with van der Waals surface area (Å²) in [6.07, 6.45) is 1.77. The molecule has 3 aliphatic rings. The Balaban J connectivity index is 1.55. The van der Waals surface area contributed by atoms with Crippen molar-refractivity contribution in [2.24, 2.45) is 11.8 Å². The molecule has 0 unspecified atom stereocenters. The summed E-state index contributed by atoms with van der Waals surface area (Å²) in [5.74, 6) is -3.04. The van der Waals surface area contributed by atoms with Crippen LogP contribution >= 0.6 is 0 Å². The first-order valence-corrected chi connectivity index (χ1v) is 14.6. The van der Waals surface area contributed by atoms with Crippen molar-refractivity contribution >= 4 is 19.9 Å². The lowest BCUT2D eigenvalue weighted by molar-refractivity contribution is 0.0991. The molecule has 2 aromatic carbocycles. The van der Waals surface area contributed by atoms with Gasteiger partial charge in [-0.3, -0.25) is 0 Å². The fourth-order valence-electron chi connectivity index (χ4n) is 5.49. The van der Waals surface area contributed by atoms with E-state index < -0.39 is 54.6 Å². The van der Waals surface area contributed by atoms with E-state index in [1.807, 2.05) is 0 Å². The van der Waals surface area contributed by atoms with Gasteiger partial charge >= 0.3 is 0 Å². The highest BCUT2D eigenvalue weighted by atomic mass is 32.2. The average molecular weight is 530 g/mol. The topological polar surface area (TPSA) is 89.5 Å². The summed E-state index contributed by atoms with van der Waals surface area (Å²) in [5.41, 5.74) is -0.0189. The van der Waals surface area contributed by atoms with Crippen LogP contribution in [0.5, 0.6) is 5.75 Å². The zero-order chi connectivity index (χ0) is 25.0. The molecule has 6 nitrogen and oxygen atoms in total. The molecule has 0 radical (unpaired) electrons. The van der Waals surface area contributed by atoms with E-state index in [1.54, 1.807) is 0 Å². The van der Waals surface area contributed by atoms with Crippen LogP contribution in [-0.4, -0.2) is 35.2 Å². The fraction of sp³-hybridized carbons (Fsp3) is 0.500. The second-order valence-corrected chi connectivity index (χ2v) is 13.9. The molecule has 1 heterocycles. The van der Waals surface area contributed by atoms with Crippen LogP contribution in [0.2, 0.25) is 0 Å². The van der Waals surface area contributed by atoms with Crippen molar-refractivity contribution in [3.63, 3.8) is 0 Å². The summed E-state index contributed by atoms with van der Waals surface area (Å²) >= 11 is 0. The van der Waals surface area contributed by atoms with Gasteiger partial charge in [-0.15, -0.1) is 0 Å². The number of hydrogen-bond donors (Lipinski definition) is 1. The van der Waals surface area contributed by atoms with Crippen molar-refractivity contribution in [3.8, 4) is 5.75 Å². The minimum Gasteiger partial charge on any atom is -0.490 e. The van der Waals surface area contributed by atoms with Crippen molar-refractivity contribution in [1.82, 2.24) is 4.72 Å². The number of halogens is 3. The van der Waals surface area contributed by atoms with Crippen LogP contribution < -0.4 is 9.46 Å². The van der Waals surface area contributed by atoms with Crippen LogP contribution in [0.4, 0.5) is 13.2 Å². The van der Waals surface area contributed by atoms with E-state index >= 15 is 4.39 Å². The Labute approximate surface area is 202 Å². The van der Waals surface area contributed by atoms with E-state index in [-0.39, 0.29) is 47.6 Å². The molecule has 2 aromatic rings. The first kappa shape index (κ1) is 24.6. The van der Waals surface area contributed by atoms with E-state index in [2.05, 4.69) is 4.72 Å². The van der Waals surface area contributed by atoms with Gasteiger partial charge in [0, 0.05) is 12.5 Å². The normalized spacial score (nSPS) is 26.5. The van der Waals surface area contributed by atoms with Gasteiger partial charge in [-0.1, -0.05) is 12.1 Å². The molecule has 2 saturated carbocycles. The van der Waals surface area contributed by atoms with Crippen LogP contribution in [0.1, 0.15) is 43.2 Å². The van der Waals surface area contributed by atoms with Crippen molar-refractivity contribution < 1.29 is 34.7 Å². The number of sulfonamides is 1. The zero-order valence-corrected chi connectivity index (χ0v) is 20.5. The first-order valence-electron chi connectivity index (χ1n) is 11.6. The van der Waals surface area contributed by atoms with Gasteiger partial charge in [-0.2, -0.15) is 0 Å². The molecule has 11 heteroatoms. The SMILES string of the molecule is O=S(=O)(NC[C@@H]1CC[C@@]2(S(=O)(=O)c3ccc(CF)cc3)c3c(F)ccc(F)c3OC[C@H]2C1)C1CC1. The second-order valence-electron chi connectivity index (χ2n) is 9.65. The van der Waals surface area contributed by atoms with Crippen molar-refractivity contribution in [3.05, 3.63) is 59.2 Å².